The van der Waals surface area contributed by atoms with Gasteiger partial charge in [0.05, 0.1) is 5.69 Å². The molecule has 3 nitrogen and oxygen atoms in total. The predicted molar refractivity (Wildman–Crippen MR) is 74.7 cm³/mol. The molecule has 0 saturated heterocycles. The van der Waals surface area contributed by atoms with Crippen molar-refractivity contribution in [2.75, 3.05) is 11.1 Å². The lowest BCUT2D eigenvalue weighted by molar-refractivity contribution is 0.102. The zero-order valence-electron chi connectivity index (χ0n) is 10.8. The van der Waals surface area contributed by atoms with Gasteiger partial charge in [-0.25, -0.2) is 4.39 Å². The summed E-state index contributed by atoms with van der Waals surface area (Å²) < 4.78 is 13.1. The molecule has 4 heteroatoms. The fourth-order valence-corrected chi connectivity index (χ4v) is 1.88. The lowest BCUT2D eigenvalue weighted by atomic mass is 10.1. The van der Waals surface area contributed by atoms with Crippen molar-refractivity contribution in [2.24, 2.45) is 0 Å². The van der Waals surface area contributed by atoms with E-state index in [9.17, 15) is 9.18 Å². The Morgan fingerprint density at radius 1 is 1.16 bits per heavy atom. The molecule has 0 fully saturated rings. The summed E-state index contributed by atoms with van der Waals surface area (Å²) in [5, 5.41) is 2.82. The Hall–Kier alpha value is -2.36. The SMILES string of the molecule is Cc1cccc(C)c1NC(=O)c1ccc(F)c(N)c1. The molecule has 0 spiro atoms. The van der Waals surface area contributed by atoms with Crippen molar-refractivity contribution in [3.05, 3.63) is 58.9 Å². The average molecular weight is 258 g/mol. The summed E-state index contributed by atoms with van der Waals surface area (Å²) >= 11 is 0. The van der Waals surface area contributed by atoms with Gasteiger partial charge in [-0.15, -0.1) is 0 Å². The predicted octanol–water partition coefficient (Wildman–Crippen LogP) is 3.28. The van der Waals surface area contributed by atoms with E-state index in [1.165, 1.54) is 18.2 Å². The number of anilines is 2. The Morgan fingerprint density at radius 3 is 2.37 bits per heavy atom. The summed E-state index contributed by atoms with van der Waals surface area (Å²) in [5.74, 6) is -0.826. The average Bonchev–Trinajstić information content (AvgIpc) is 2.37. The number of para-hydroxylation sites is 1. The van der Waals surface area contributed by atoms with E-state index in [1.54, 1.807) is 0 Å². The molecule has 0 unspecified atom stereocenters. The van der Waals surface area contributed by atoms with E-state index in [0.717, 1.165) is 16.8 Å². The fourth-order valence-electron chi connectivity index (χ4n) is 1.88. The van der Waals surface area contributed by atoms with Gasteiger partial charge in [0.2, 0.25) is 0 Å². The summed E-state index contributed by atoms with van der Waals surface area (Å²) in [5.41, 5.74) is 8.48. The maximum atomic E-state index is 13.1. The Labute approximate surface area is 111 Å². The van der Waals surface area contributed by atoms with Crippen molar-refractivity contribution in [2.45, 2.75) is 13.8 Å². The number of nitrogens with one attached hydrogen (secondary N) is 1. The van der Waals surface area contributed by atoms with E-state index in [1.807, 2.05) is 32.0 Å². The van der Waals surface area contributed by atoms with E-state index in [-0.39, 0.29) is 11.6 Å². The van der Waals surface area contributed by atoms with Crippen LogP contribution in [0.2, 0.25) is 0 Å². The van der Waals surface area contributed by atoms with Crippen LogP contribution in [0.3, 0.4) is 0 Å². The van der Waals surface area contributed by atoms with E-state index < -0.39 is 5.82 Å². The first kappa shape index (κ1) is 13.1. The summed E-state index contributed by atoms with van der Waals surface area (Å²) in [4.78, 5) is 12.1. The Kier molecular flexibility index (Phi) is 3.51. The van der Waals surface area contributed by atoms with Crippen LogP contribution in [-0.2, 0) is 0 Å². The summed E-state index contributed by atoms with van der Waals surface area (Å²) in [6.45, 7) is 3.84. The highest BCUT2D eigenvalue weighted by Gasteiger charge is 2.11. The van der Waals surface area contributed by atoms with Crippen LogP contribution in [0.25, 0.3) is 0 Å². The topological polar surface area (TPSA) is 55.1 Å². The highest BCUT2D eigenvalue weighted by atomic mass is 19.1. The molecule has 0 heterocycles. The molecule has 0 atom stereocenters. The number of nitrogens with two attached hydrogens (primary N) is 1. The number of nitrogen functional groups attached to an aromatic ring is 1. The van der Waals surface area contributed by atoms with E-state index in [0.29, 0.717) is 5.56 Å². The minimum atomic E-state index is -0.524. The zero-order chi connectivity index (χ0) is 14.0. The molecule has 0 aliphatic heterocycles. The van der Waals surface area contributed by atoms with Crippen molar-refractivity contribution in [3.63, 3.8) is 0 Å². The molecule has 98 valence electrons. The Balaban J connectivity index is 2.28. The third kappa shape index (κ3) is 2.73. The van der Waals surface area contributed by atoms with E-state index >= 15 is 0 Å². The van der Waals surface area contributed by atoms with Crippen molar-refractivity contribution in [1.82, 2.24) is 0 Å². The van der Waals surface area contributed by atoms with E-state index in [2.05, 4.69) is 5.32 Å². The van der Waals surface area contributed by atoms with Gasteiger partial charge in [0.15, 0.2) is 0 Å². The minimum absolute atomic E-state index is 0.0332. The number of amides is 1. The molecular weight excluding hydrogens is 243 g/mol. The maximum absolute atomic E-state index is 13.1. The van der Waals surface area contributed by atoms with Crippen LogP contribution in [0.5, 0.6) is 0 Å². The molecule has 3 N–H and O–H groups in total. The molecule has 0 aromatic heterocycles. The molecule has 0 bridgehead atoms. The monoisotopic (exact) mass is 258 g/mol. The van der Waals surface area contributed by atoms with Gasteiger partial charge >= 0.3 is 0 Å². The normalized spacial score (nSPS) is 10.3. The molecule has 2 aromatic rings. The van der Waals surface area contributed by atoms with Gasteiger partial charge in [-0.05, 0) is 43.2 Å². The highest BCUT2D eigenvalue weighted by Crippen LogP contribution is 2.21. The number of benzene rings is 2. The smallest absolute Gasteiger partial charge is 0.255 e. The minimum Gasteiger partial charge on any atom is -0.396 e. The maximum Gasteiger partial charge on any atom is 0.255 e. The molecule has 1 amide bonds. The molecule has 2 aromatic carbocycles. The standard InChI is InChI=1S/C15H15FN2O/c1-9-4-3-5-10(2)14(9)18-15(19)11-6-7-12(16)13(17)8-11/h3-8H,17H2,1-2H3,(H,18,19). The van der Waals surface area contributed by atoms with Gasteiger partial charge in [-0.1, -0.05) is 18.2 Å². The van der Waals surface area contributed by atoms with Crippen molar-refractivity contribution in [3.8, 4) is 0 Å². The fraction of sp³-hybridized carbons (Fsp3) is 0.133. The van der Waals surface area contributed by atoms with Crippen LogP contribution in [0, 0.1) is 19.7 Å². The van der Waals surface area contributed by atoms with Gasteiger partial charge in [-0.3, -0.25) is 4.79 Å². The molecule has 0 aliphatic carbocycles. The van der Waals surface area contributed by atoms with Crippen LogP contribution in [0.15, 0.2) is 36.4 Å². The Bertz CT molecular complexity index is 618. The number of halogens is 1. The number of rotatable bonds is 2. The number of hydrogen-bond donors (Lipinski definition) is 2. The Morgan fingerprint density at radius 2 is 1.79 bits per heavy atom. The number of carbonyl (C=O) groups is 1. The first-order valence-corrected chi connectivity index (χ1v) is 5.91. The third-order valence-corrected chi connectivity index (χ3v) is 2.98. The van der Waals surface area contributed by atoms with Gasteiger partial charge in [0, 0.05) is 11.3 Å². The van der Waals surface area contributed by atoms with Gasteiger partial charge in [-0.2, -0.15) is 0 Å². The van der Waals surface area contributed by atoms with Crippen LogP contribution < -0.4 is 11.1 Å². The van der Waals surface area contributed by atoms with Crippen LogP contribution in [-0.4, -0.2) is 5.91 Å². The number of hydrogen-bond acceptors (Lipinski definition) is 2. The van der Waals surface area contributed by atoms with Crippen LogP contribution in [0.1, 0.15) is 21.5 Å². The van der Waals surface area contributed by atoms with Gasteiger partial charge in [0.25, 0.3) is 5.91 Å². The lowest BCUT2D eigenvalue weighted by Crippen LogP contribution is -2.14. The van der Waals surface area contributed by atoms with Gasteiger partial charge < -0.3 is 11.1 Å². The summed E-state index contributed by atoms with van der Waals surface area (Å²) in [7, 11) is 0. The second-order valence-electron chi connectivity index (χ2n) is 4.46. The number of aryl methyl sites for hydroxylation is 2. The lowest BCUT2D eigenvalue weighted by Gasteiger charge is -2.11. The summed E-state index contributed by atoms with van der Waals surface area (Å²) in [6.07, 6.45) is 0. The van der Waals surface area contributed by atoms with Crippen molar-refractivity contribution in [1.29, 1.82) is 0 Å². The molecule has 0 saturated carbocycles. The first-order valence-electron chi connectivity index (χ1n) is 5.91. The zero-order valence-corrected chi connectivity index (χ0v) is 10.8. The quantitative estimate of drug-likeness (QED) is 0.812. The highest BCUT2D eigenvalue weighted by molar-refractivity contribution is 6.05. The van der Waals surface area contributed by atoms with Crippen LogP contribution >= 0.6 is 0 Å². The molecular formula is C15H15FN2O. The van der Waals surface area contributed by atoms with Crippen molar-refractivity contribution < 1.29 is 9.18 Å². The largest absolute Gasteiger partial charge is 0.396 e. The first-order chi connectivity index (χ1) is 8.99. The van der Waals surface area contributed by atoms with Crippen molar-refractivity contribution >= 4 is 17.3 Å². The summed E-state index contributed by atoms with van der Waals surface area (Å²) in [6, 6.07) is 9.70. The molecule has 0 aliphatic rings. The third-order valence-electron chi connectivity index (χ3n) is 2.98. The van der Waals surface area contributed by atoms with E-state index in [4.69, 9.17) is 5.73 Å². The molecule has 2 rings (SSSR count). The second-order valence-corrected chi connectivity index (χ2v) is 4.46. The molecule has 19 heavy (non-hydrogen) atoms. The second kappa shape index (κ2) is 5.10. The number of carbonyl (C=O) groups excluding carboxylic acids is 1. The molecule has 0 radical (unpaired) electrons. The van der Waals surface area contributed by atoms with Gasteiger partial charge in [0.1, 0.15) is 5.82 Å². The van der Waals surface area contributed by atoms with Crippen LogP contribution in [0.4, 0.5) is 15.8 Å².